The molecule has 1 heterocycles. The lowest BCUT2D eigenvalue weighted by molar-refractivity contribution is 0.102. The van der Waals surface area contributed by atoms with Gasteiger partial charge in [0.1, 0.15) is 0 Å². The van der Waals surface area contributed by atoms with Crippen molar-refractivity contribution >= 4 is 38.3 Å². The molecule has 2 aromatic carbocycles. The van der Waals surface area contributed by atoms with Crippen molar-refractivity contribution in [2.24, 2.45) is 0 Å². The molecule has 1 N–H and O–H groups in total. The highest BCUT2D eigenvalue weighted by molar-refractivity contribution is 9.10. The van der Waals surface area contributed by atoms with E-state index >= 15 is 0 Å². The number of carbonyl (C=O) groups excluding carboxylic acids is 1. The van der Waals surface area contributed by atoms with Gasteiger partial charge in [0.2, 0.25) is 0 Å². The minimum atomic E-state index is -0.344. The first-order chi connectivity index (χ1) is 11.6. The van der Waals surface area contributed by atoms with Gasteiger partial charge in [-0.1, -0.05) is 37.3 Å². The van der Waals surface area contributed by atoms with Crippen LogP contribution in [0.5, 0.6) is 0 Å². The predicted molar refractivity (Wildman–Crippen MR) is 98.4 cm³/mol. The highest BCUT2D eigenvalue weighted by Crippen LogP contribution is 2.22. The van der Waals surface area contributed by atoms with Crippen LogP contribution in [0.25, 0.3) is 10.8 Å². The Morgan fingerprint density at radius 3 is 2.50 bits per heavy atom. The van der Waals surface area contributed by atoms with Crippen molar-refractivity contribution in [3.63, 3.8) is 0 Å². The molecule has 0 spiro atoms. The number of carbonyl (C=O) groups is 1. The number of hydrogen-bond acceptors (Lipinski definition) is 3. The average molecular weight is 386 g/mol. The molecular weight excluding hydrogens is 370 g/mol. The van der Waals surface area contributed by atoms with E-state index in [1.165, 1.54) is 4.68 Å². The highest BCUT2D eigenvalue weighted by Gasteiger charge is 2.17. The van der Waals surface area contributed by atoms with Crippen molar-refractivity contribution in [2.75, 3.05) is 5.32 Å². The quantitative estimate of drug-likeness (QED) is 0.742. The summed E-state index contributed by atoms with van der Waals surface area (Å²) in [5.41, 5.74) is 0.723. The fourth-order valence-corrected chi connectivity index (χ4v) is 2.89. The van der Waals surface area contributed by atoms with Crippen LogP contribution in [0.3, 0.4) is 0 Å². The minimum Gasteiger partial charge on any atom is -0.320 e. The van der Waals surface area contributed by atoms with Crippen LogP contribution in [0.4, 0.5) is 5.69 Å². The molecule has 122 valence electrons. The number of hydrogen-bond donors (Lipinski definition) is 1. The van der Waals surface area contributed by atoms with Gasteiger partial charge in [-0.05, 0) is 40.5 Å². The van der Waals surface area contributed by atoms with Crippen molar-refractivity contribution in [3.8, 4) is 0 Å². The maximum atomic E-state index is 12.7. The first-order valence-electron chi connectivity index (χ1n) is 7.67. The largest absolute Gasteiger partial charge is 0.320 e. The zero-order valence-electron chi connectivity index (χ0n) is 13.1. The van der Waals surface area contributed by atoms with Crippen LogP contribution in [-0.4, -0.2) is 15.7 Å². The third-order valence-corrected chi connectivity index (χ3v) is 4.33. The SMILES string of the molecule is CCCn1nc(C(=O)Nc2ccccc2Br)c2ccccc2c1=O. The van der Waals surface area contributed by atoms with Crippen molar-refractivity contribution in [3.05, 3.63) is 69.1 Å². The summed E-state index contributed by atoms with van der Waals surface area (Å²) in [5.74, 6) is -0.344. The predicted octanol–water partition coefficient (Wildman–Crippen LogP) is 3.82. The Morgan fingerprint density at radius 1 is 1.12 bits per heavy atom. The summed E-state index contributed by atoms with van der Waals surface area (Å²) in [4.78, 5) is 25.2. The molecule has 24 heavy (non-hydrogen) atoms. The van der Waals surface area contributed by atoms with Crippen LogP contribution >= 0.6 is 15.9 Å². The Kier molecular flexibility index (Phi) is 4.76. The van der Waals surface area contributed by atoms with Crippen LogP contribution in [0.2, 0.25) is 0 Å². The molecule has 0 radical (unpaired) electrons. The van der Waals surface area contributed by atoms with Gasteiger partial charge in [0.15, 0.2) is 5.69 Å². The van der Waals surface area contributed by atoms with Crippen molar-refractivity contribution in [1.29, 1.82) is 0 Å². The van der Waals surface area contributed by atoms with Gasteiger partial charge in [-0.25, -0.2) is 4.68 Å². The van der Waals surface area contributed by atoms with E-state index in [1.54, 1.807) is 30.3 Å². The molecule has 1 aromatic heterocycles. The van der Waals surface area contributed by atoms with Crippen molar-refractivity contribution in [2.45, 2.75) is 19.9 Å². The smallest absolute Gasteiger partial charge is 0.276 e. The Hall–Kier alpha value is -2.47. The van der Waals surface area contributed by atoms with E-state index in [9.17, 15) is 9.59 Å². The standard InChI is InChI=1S/C18H16BrN3O2/c1-2-11-22-18(24)13-8-4-3-7-12(13)16(21-22)17(23)20-15-10-6-5-9-14(15)19/h3-10H,2,11H2,1H3,(H,20,23). The maximum Gasteiger partial charge on any atom is 0.276 e. The molecule has 0 unspecified atom stereocenters. The fraction of sp³-hybridized carbons (Fsp3) is 0.167. The monoisotopic (exact) mass is 385 g/mol. The summed E-state index contributed by atoms with van der Waals surface area (Å²) < 4.78 is 2.14. The number of nitrogens with one attached hydrogen (secondary N) is 1. The van der Waals surface area contributed by atoms with Gasteiger partial charge < -0.3 is 5.32 Å². The summed E-state index contributed by atoms with van der Waals surface area (Å²) in [6, 6.07) is 14.4. The van der Waals surface area contributed by atoms with E-state index in [2.05, 4.69) is 26.3 Å². The molecule has 3 aromatic rings. The van der Waals surface area contributed by atoms with Gasteiger partial charge in [-0.2, -0.15) is 5.10 Å². The van der Waals surface area contributed by atoms with Gasteiger partial charge in [0, 0.05) is 16.4 Å². The lowest BCUT2D eigenvalue weighted by Crippen LogP contribution is -2.27. The fourth-order valence-electron chi connectivity index (χ4n) is 2.51. The number of rotatable bonds is 4. The van der Waals surface area contributed by atoms with Crippen LogP contribution in [0, 0.1) is 0 Å². The van der Waals surface area contributed by atoms with Crippen LogP contribution < -0.4 is 10.9 Å². The summed E-state index contributed by atoms with van der Waals surface area (Å²) >= 11 is 3.41. The molecule has 0 aliphatic rings. The third-order valence-electron chi connectivity index (χ3n) is 3.64. The van der Waals surface area contributed by atoms with Gasteiger partial charge in [-0.15, -0.1) is 0 Å². The molecule has 0 saturated carbocycles. The number of benzene rings is 2. The number of halogens is 1. The molecule has 1 amide bonds. The molecule has 0 aliphatic heterocycles. The highest BCUT2D eigenvalue weighted by atomic mass is 79.9. The number of aryl methyl sites for hydroxylation is 1. The third kappa shape index (κ3) is 3.10. The second-order valence-corrected chi connectivity index (χ2v) is 6.21. The number of anilines is 1. The summed E-state index contributed by atoms with van der Waals surface area (Å²) in [5, 5.41) is 8.19. The normalized spacial score (nSPS) is 10.8. The first-order valence-corrected chi connectivity index (χ1v) is 8.47. The van der Waals surface area contributed by atoms with E-state index in [-0.39, 0.29) is 17.2 Å². The molecule has 0 bridgehead atoms. The van der Waals surface area contributed by atoms with Gasteiger partial charge in [0.05, 0.1) is 11.1 Å². The molecule has 6 heteroatoms. The van der Waals surface area contributed by atoms with E-state index in [4.69, 9.17) is 0 Å². The number of fused-ring (bicyclic) bond motifs is 1. The zero-order chi connectivity index (χ0) is 17.1. The molecule has 0 fully saturated rings. The Morgan fingerprint density at radius 2 is 1.79 bits per heavy atom. The van der Waals surface area contributed by atoms with E-state index in [1.807, 2.05) is 25.1 Å². The summed E-state index contributed by atoms with van der Waals surface area (Å²) in [6.07, 6.45) is 0.760. The van der Waals surface area contributed by atoms with E-state index in [0.29, 0.717) is 23.0 Å². The molecule has 0 aliphatic carbocycles. The van der Waals surface area contributed by atoms with Crippen molar-refractivity contribution < 1.29 is 4.79 Å². The first kappa shape index (κ1) is 16.4. The second-order valence-electron chi connectivity index (χ2n) is 5.36. The van der Waals surface area contributed by atoms with Crippen molar-refractivity contribution in [1.82, 2.24) is 9.78 Å². The Bertz CT molecular complexity index is 966. The van der Waals surface area contributed by atoms with E-state index < -0.39 is 0 Å². The molecule has 5 nitrogen and oxygen atoms in total. The second kappa shape index (κ2) is 6.97. The topological polar surface area (TPSA) is 64.0 Å². The number of aromatic nitrogens is 2. The number of amides is 1. The van der Waals surface area contributed by atoms with Crippen LogP contribution in [-0.2, 0) is 6.54 Å². The minimum absolute atomic E-state index is 0.176. The molecule has 0 atom stereocenters. The van der Waals surface area contributed by atoms with E-state index in [0.717, 1.165) is 10.9 Å². The van der Waals surface area contributed by atoms with Gasteiger partial charge in [-0.3, -0.25) is 9.59 Å². The average Bonchev–Trinajstić information content (AvgIpc) is 2.59. The Balaban J connectivity index is 2.11. The summed E-state index contributed by atoms with van der Waals surface area (Å²) in [6.45, 7) is 2.43. The van der Waals surface area contributed by atoms with Crippen LogP contribution in [0.1, 0.15) is 23.8 Å². The molecular formula is C18H16BrN3O2. The zero-order valence-corrected chi connectivity index (χ0v) is 14.7. The summed E-state index contributed by atoms with van der Waals surface area (Å²) in [7, 11) is 0. The van der Waals surface area contributed by atoms with Crippen LogP contribution in [0.15, 0.2) is 57.8 Å². The maximum absolute atomic E-state index is 12.7. The lowest BCUT2D eigenvalue weighted by atomic mass is 10.1. The van der Waals surface area contributed by atoms with Gasteiger partial charge in [0.25, 0.3) is 11.5 Å². The number of nitrogens with zero attached hydrogens (tertiary/aromatic N) is 2. The lowest BCUT2D eigenvalue weighted by Gasteiger charge is -2.11. The number of para-hydroxylation sites is 1. The molecule has 0 saturated heterocycles. The Labute approximate surface area is 147 Å². The molecule has 3 rings (SSSR count). The van der Waals surface area contributed by atoms with Gasteiger partial charge >= 0.3 is 0 Å².